The van der Waals surface area contributed by atoms with Gasteiger partial charge in [0.2, 0.25) is 10.0 Å². The second-order valence-electron chi connectivity index (χ2n) is 5.68. The van der Waals surface area contributed by atoms with Crippen LogP contribution in [0.25, 0.3) is 0 Å². The van der Waals surface area contributed by atoms with E-state index in [9.17, 15) is 13.5 Å². The van der Waals surface area contributed by atoms with Gasteiger partial charge < -0.3 is 9.84 Å². The number of aliphatic hydroxyl groups excluding tert-OH is 1. The minimum absolute atomic E-state index is 0.0908. The molecule has 0 bridgehead atoms. The van der Waals surface area contributed by atoms with E-state index in [0.717, 1.165) is 17.7 Å². The van der Waals surface area contributed by atoms with Crippen LogP contribution in [0.3, 0.4) is 0 Å². The fourth-order valence-electron chi connectivity index (χ4n) is 2.61. The summed E-state index contributed by atoms with van der Waals surface area (Å²) in [5, 5.41) is 10.6. The third-order valence-electron chi connectivity index (χ3n) is 3.90. The lowest BCUT2D eigenvalue weighted by molar-refractivity contribution is 0.182. The van der Waals surface area contributed by atoms with E-state index >= 15 is 0 Å². The highest BCUT2D eigenvalue weighted by Gasteiger charge is 2.18. The molecule has 5 nitrogen and oxygen atoms in total. The first-order chi connectivity index (χ1) is 11.4. The molecule has 0 fully saturated rings. The molecular weight excluding hydrogens is 350 g/mol. The highest BCUT2D eigenvalue weighted by Crippen LogP contribution is 2.28. The molecule has 1 aliphatic heterocycles. The van der Waals surface area contributed by atoms with Crippen LogP contribution in [-0.2, 0) is 22.2 Å². The van der Waals surface area contributed by atoms with E-state index < -0.39 is 16.1 Å². The van der Waals surface area contributed by atoms with Crippen LogP contribution in [0, 0.1) is 0 Å². The van der Waals surface area contributed by atoms with Crippen LogP contribution in [0.1, 0.15) is 22.8 Å². The monoisotopic (exact) mass is 367 g/mol. The topological polar surface area (TPSA) is 75.6 Å². The number of hydrogen-bond donors (Lipinski definition) is 2. The van der Waals surface area contributed by atoms with E-state index in [1.54, 1.807) is 36.4 Å². The van der Waals surface area contributed by atoms with E-state index in [1.165, 1.54) is 0 Å². The van der Waals surface area contributed by atoms with E-state index in [0.29, 0.717) is 22.8 Å². The van der Waals surface area contributed by atoms with Crippen LogP contribution in [0.5, 0.6) is 5.75 Å². The first-order valence-electron chi connectivity index (χ1n) is 7.59. The van der Waals surface area contributed by atoms with Gasteiger partial charge in [0.15, 0.2) is 0 Å². The van der Waals surface area contributed by atoms with Gasteiger partial charge in [0.1, 0.15) is 5.75 Å². The number of rotatable bonds is 6. The van der Waals surface area contributed by atoms with Crippen LogP contribution in [0.15, 0.2) is 42.5 Å². The van der Waals surface area contributed by atoms with Crippen LogP contribution in [-0.4, -0.2) is 26.7 Å². The van der Waals surface area contributed by atoms with Crippen molar-refractivity contribution in [1.82, 2.24) is 4.72 Å². The summed E-state index contributed by atoms with van der Waals surface area (Å²) in [6.45, 7) is 0.547. The minimum atomic E-state index is -3.59. The molecule has 0 aliphatic carbocycles. The van der Waals surface area contributed by atoms with Gasteiger partial charge in [-0.05, 0) is 34.9 Å². The van der Waals surface area contributed by atoms with Gasteiger partial charge in [-0.3, -0.25) is 0 Å². The van der Waals surface area contributed by atoms with Crippen LogP contribution < -0.4 is 9.46 Å². The van der Waals surface area contributed by atoms with Crippen molar-refractivity contribution in [2.75, 3.05) is 13.2 Å². The second-order valence-corrected chi connectivity index (χ2v) is 7.89. The van der Waals surface area contributed by atoms with E-state index in [2.05, 4.69) is 4.72 Å². The van der Waals surface area contributed by atoms with Crippen molar-refractivity contribution < 1.29 is 18.3 Å². The average Bonchev–Trinajstić information content (AvgIpc) is 3.02. The Morgan fingerprint density at radius 2 is 2.04 bits per heavy atom. The van der Waals surface area contributed by atoms with Crippen molar-refractivity contribution in [3.63, 3.8) is 0 Å². The summed E-state index contributed by atoms with van der Waals surface area (Å²) in [4.78, 5) is 0. The molecule has 0 spiro atoms. The first kappa shape index (κ1) is 17.2. The molecular formula is C17H18ClNO4S. The molecule has 2 aromatic rings. The van der Waals surface area contributed by atoms with Crippen molar-refractivity contribution in [1.29, 1.82) is 0 Å². The number of hydrogen-bond acceptors (Lipinski definition) is 4. The summed E-state index contributed by atoms with van der Waals surface area (Å²) in [7, 11) is -3.59. The quantitative estimate of drug-likeness (QED) is 0.822. The van der Waals surface area contributed by atoms with Gasteiger partial charge in [-0.25, -0.2) is 13.1 Å². The zero-order chi connectivity index (χ0) is 17.2. The fourth-order valence-corrected chi connectivity index (χ4v) is 4.07. The smallest absolute Gasteiger partial charge is 0.215 e. The Kier molecular flexibility index (Phi) is 5.10. The highest BCUT2D eigenvalue weighted by atomic mass is 35.5. The lowest BCUT2D eigenvalue weighted by Gasteiger charge is -2.14. The summed E-state index contributed by atoms with van der Waals surface area (Å²) in [5.74, 6) is 0.600. The predicted molar refractivity (Wildman–Crippen MR) is 92.7 cm³/mol. The molecule has 2 aromatic carbocycles. The van der Waals surface area contributed by atoms with Gasteiger partial charge in [0, 0.05) is 18.0 Å². The highest BCUT2D eigenvalue weighted by molar-refractivity contribution is 7.88. The zero-order valence-corrected chi connectivity index (χ0v) is 14.5. The third-order valence-corrected chi connectivity index (χ3v) is 5.56. The Morgan fingerprint density at radius 1 is 1.25 bits per heavy atom. The van der Waals surface area contributed by atoms with Gasteiger partial charge >= 0.3 is 0 Å². The van der Waals surface area contributed by atoms with Crippen LogP contribution in [0.4, 0.5) is 0 Å². The molecule has 1 heterocycles. The summed E-state index contributed by atoms with van der Waals surface area (Å²) >= 11 is 5.99. The van der Waals surface area contributed by atoms with Crippen LogP contribution in [0.2, 0.25) is 5.02 Å². The lowest BCUT2D eigenvalue weighted by atomic mass is 10.0. The van der Waals surface area contributed by atoms with Gasteiger partial charge in [-0.2, -0.15) is 0 Å². The van der Waals surface area contributed by atoms with Gasteiger partial charge in [0.05, 0.1) is 18.5 Å². The maximum Gasteiger partial charge on any atom is 0.215 e. The molecule has 0 saturated carbocycles. The number of nitrogens with one attached hydrogen (secondary N) is 1. The Morgan fingerprint density at radius 3 is 2.83 bits per heavy atom. The molecule has 0 saturated heterocycles. The SMILES string of the molecule is O=S(=O)(Cc1ccccc1Cl)NCC(O)c1ccc2c(c1)CCO2. The fraction of sp³-hybridized carbons (Fsp3) is 0.294. The van der Waals surface area contributed by atoms with Crippen molar-refractivity contribution in [2.24, 2.45) is 0 Å². The maximum atomic E-state index is 12.2. The standard InChI is InChI=1S/C17H18ClNO4S/c18-15-4-2-1-3-14(15)11-24(21,22)19-10-16(20)12-5-6-17-13(9-12)7-8-23-17/h1-6,9,16,19-20H,7-8,10-11H2. The summed E-state index contributed by atoms with van der Waals surface area (Å²) in [6, 6.07) is 12.2. The number of ether oxygens (including phenoxy) is 1. The largest absolute Gasteiger partial charge is 0.493 e. The predicted octanol–water partition coefficient (Wildman–Crippen LogP) is 2.43. The molecule has 24 heavy (non-hydrogen) atoms. The van der Waals surface area contributed by atoms with Gasteiger partial charge in [-0.1, -0.05) is 35.9 Å². The molecule has 0 aromatic heterocycles. The number of sulfonamides is 1. The van der Waals surface area contributed by atoms with E-state index in [-0.39, 0.29) is 12.3 Å². The van der Waals surface area contributed by atoms with E-state index in [4.69, 9.17) is 16.3 Å². The number of fused-ring (bicyclic) bond motifs is 1. The Hall–Kier alpha value is -1.60. The number of aliphatic hydroxyl groups is 1. The number of halogens is 1. The maximum absolute atomic E-state index is 12.2. The number of benzene rings is 2. The van der Waals surface area contributed by atoms with Gasteiger partial charge in [-0.15, -0.1) is 0 Å². The summed E-state index contributed by atoms with van der Waals surface area (Å²) < 4.78 is 32.2. The molecule has 0 radical (unpaired) electrons. The molecule has 128 valence electrons. The molecule has 1 atom stereocenters. The van der Waals surface area contributed by atoms with Crippen molar-refractivity contribution in [3.05, 3.63) is 64.2 Å². The Labute approximate surface area is 146 Å². The second kappa shape index (κ2) is 7.11. The average molecular weight is 368 g/mol. The summed E-state index contributed by atoms with van der Waals surface area (Å²) in [6.07, 6.45) is -0.120. The molecule has 0 amide bonds. The van der Waals surface area contributed by atoms with Crippen molar-refractivity contribution in [2.45, 2.75) is 18.3 Å². The van der Waals surface area contributed by atoms with E-state index in [1.807, 2.05) is 6.07 Å². The normalized spacial score (nSPS) is 14.9. The molecule has 2 N–H and O–H groups in total. The van der Waals surface area contributed by atoms with Crippen molar-refractivity contribution in [3.8, 4) is 5.75 Å². The Balaban J connectivity index is 1.63. The van der Waals surface area contributed by atoms with Gasteiger partial charge in [0.25, 0.3) is 0 Å². The molecule has 3 rings (SSSR count). The third kappa shape index (κ3) is 4.08. The van der Waals surface area contributed by atoms with Crippen molar-refractivity contribution >= 4 is 21.6 Å². The summed E-state index contributed by atoms with van der Waals surface area (Å²) in [5.41, 5.74) is 2.22. The minimum Gasteiger partial charge on any atom is -0.493 e. The molecule has 7 heteroatoms. The zero-order valence-electron chi connectivity index (χ0n) is 12.9. The molecule has 1 unspecified atom stereocenters. The Bertz CT molecular complexity index is 838. The van der Waals surface area contributed by atoms with Crippen LogP contribution >= 0.6 is 11.6 Å². The first-order valence-corrected chi connectivity index (χ1v) is 9.62. The molecule has 1 aliphatic rings. The lowest BCUT2D eigenvalue weighted by Crippen LogP contribution is -2.29.